The first-order valence-electron chi connectivity index (χ1n) is 8.72. The maximum atomic E-state index is 10.6. The number of rotatable bonds is 4. The summed E-state index contributed by atoms with van der Waals surface area (Å²) in [6.45, 7) is 4.83. The molecule has 0 unspecified atom stereocenters. The van der Waals surface area contributed by atoms with E-state index in [1.807, 2.05) is 0 Å². The molecular formula is C18H26N2O3. The zero-order valence-electron chi connectivity index (χ0n) is 13.5. The van der Waals surface area contributed by atoms with Crippen LogP contribution in [0.5, 0.6) is 0 Å². The third-order valence-corrected chi connectivity index (χ3v) is 5.33. The summed E-state index contributed by atoms with van der Waals surface area (Å²) in [5.41, 5.74) is 2.87. The summed E-state index contributed by atoms with van der Waals surface area (Å²) in [5.74, 6) is 0. The highest BCUT2D eigenvalue weighted by Crippen LogP contribution is 2.24. The van der Waals surface area contributed by atoms with Gasteiger partial charge in [0, 0.05) is 25.7 Å². The van der Waals surface area contributed by atoms with Crippen molar-refractivity contribution in [3.05, 3.63) is 35.4 Å². The molecule has 3 atom stereocenters. The summed E-state index contributed by atoms with van der Waals surface area (Å²) in [4.78, 5) is 2.32. The SMILES string of the molecule is O[C@@H]1[C@@H](NC2Cc3ccccc3C2)CO[C@H]1CN1CCOCC1. The van der Waals surface area contributed by atoms with Crippen LogP contribution >= 0.6 is 0 Å². The Kier molecular flexibility index (Phi) is 4.64. The summed E-state index contributed by atoms with van der Waals surface area (Å²) in [6, 6.07) is 9.08. The van der Waals surface area contributed by atoms with Crippen molar-refractivity contribution in [2.75, 3.05) is 39.5 Å². The van der Waals surface area contributed by atoms with Crippen molar-refractivity contribution in [1.29, 1.82) is 0 Å². The Balaban J connectivity index is 1.29. The van der Waals surface area contributed by atoms with Gasteiger partial charge in [-0.15, -0.1) is 0 Å². The lowest BCUT2D eigenvalue weighted by Crippen LogP contribution is -2.49. The van der Waals surface area contributed by atoms with Crippen LogP contribution in [-0.4, -0.2) is 73.8 Å². The number of aliphatic hydroxyl groups is 1. The van der Waals surface area contributed by atoms with Crippen molar-refractivity contribution in [2.24, 2.45) is 0 Å². The van der Waals surface area contributed by atoms with Crippen LogP contribution < -0.4 is 5.32 Å². The van der Waals surface area contributed by atoms with Gasteiger partial charge in [-0.2, -0.15) is 0 Å². The minimum absolute atomic E-state index is 0.0420. The van der Waals surface area contributed by atoms with E-state index >= 15 is 0 Å². The first-order valence-corrected chi connectivity index (χ1v) is 8.72. The van der Waals surface area contributed by atoms with Gasteiger partial charge < -0.3 is 19.9 Å². The molecule has 0 aromatic heterocycles. The van der Waals surface area contributed by atoms with Gasteiger partial charge in [-0.3, -0.25) is 4.90 Å². The maximum Gasteiger partial charge on any atom is 0.0989 e. The lowest BCUT2D eigenvalue weighted by Gasteiger charge is -2.30. The molecule has 1 aromatic carbocycles. The molecule has 4 rings (SSSR count). The van der Waals surface area contributed by atoms with E-state index in [9.17, 15) is 5.11 Å². The Morgan fingerprint density at radius 3 is 2.52 bits per heavy atom. The summed E-state index contributed by atoms with van der Waals surface area (Å²) < 4.78 is 11.2. The van der Waals surface area contributed by atoms with E-state index in [1.165, 1.54) is 11.1 Å². The van der Waals surface area contributed by atoms with Gasteiger partial charge in [0.05, 0.1) is 38.1 Å². The number of hydrogen-bond acceptors (Lipinski definition) is 5. The van der Waals surface area contributed by atoms with Gasteiger partial charge in [0.2, 0.25) is 0 Å². The van der Waals surface area contributed by atoms with E-state index in [2.05, 4.69) is 34.5 Å². The van der Waals surface area contributed by atoms with Crippen LogP contribution in [0.15, 0.2) is 24.3 Å². The third-order valence-electron chi connectivity index (χ3n) is 5.33. The number of nitrogens with zero attached hydrogens (tertiary/aromatic N) is 1. The lowest BCUT2D eigenvalue weighted by molar-refractivity contribution is -0.0182. The molecule has 2 heterocycles. The van der Waals surface area contributed by atoms with Crippen molar-refractivity contribution < 1.29 is 14.6 Å². The molecule has 2 fully saturated rings. The van der Waals surface area contributed by atoms with E-state index in [0.717, 1.165) is 45.7 Å². The number of hydrogen-bond donors (Lipinski definition) is 2. The average molecular weight is 318 g/mol. The van der Waals surface area contributed by atoms with Crippen molar-refractivity contribution >= 4 is 0 Å². The highest BCUT2D eigenvalue weighted by Gasteiger charge is 2.38. The van der Waals surface area contributed by atoms with Crippen LogP contribution in [0, 0.1) is 0 Å². The van der Waals surface area contributed by atoms with Crippen molar-refractivity contribution in [2.45, 2.75) is 37.1 Å². The Bertz CT molecular complexity index is 508. The molecule has 126 valence electrons. The van der Waals surface area contributed by atoms with Gasteiger partial charge in [0.1, 0.15) is 0 Å². The minimum Gasteiger partial charge on any atom is -0.389 e. The fraction of sp³-hybridized carbons (Fsp3) is 0.667. The van der Waals surface area contributed by atoms with Gasteiger partial charge >= 0.3 is 0 Å². The maximum absolute atomic E-state index is 10.6. The van der Waals surface area contributed by atoms with E-state index in [4.69, 9.17) is 9.47 Å². The number of aliphatic hydroxyl groups excluding tert-OH is 1. The Morgan fingerprint density at radius 2 is 1.83 bits per heavy atom. The highest BCUT2D eigenvalue weighted by molar-refractivity contribution is 5.33. The molecule has 3 aliphatic rings. The molecule has 2 N–H and O–H groups in total. The average Bonchev–Trinajstić information content (AvgIpc) is 3.14. The topological polar surface area (TPSA) is 54.0 Å². The quantitative estimate of drug-likeness (QED) is 0.831. The number of morpholine rings is 1. The summed E-state index contributed by atoms with van der Waals surface area (Å²) in [6.07, 6.45) is 1.58. The second-order valence-electron chi connectivity index (χ2n) is 6.92. The van der Waals surface area contributed by atoms with Crippen LogP contribution in [-0.2, 0) is 22.3 Å². The predicted octanol–water partition coefficient (Wildman–Crippen LogP) is 0.204. The fourth-order valence-electron chi connectivity index (χ4n) is 4.01. The Morgan fingerprint density at radius 1 is 1.13 bits per heavy atom. The molecule has 1 aliphatic carbocycles. The lowest BCUT2D eigenvalue weighted by atomic mass is 10.1. The second-order valence-corrected chi connectivity index (χ2v) is 6.92. The molecular weight excluding hydrogens is 292 g/mol. The molecule has 0 bridgehead atoms. The van der Waals surface area contributed by atoms with E-state index < -0.39 is 6.10 Å². The summed E-state index contributed by atoms with van der Waals surface area (Å²) in [5, 5.41) is 14.2. The van der Waals surface area contributed by atoms with E-state index in [1.54, 1.807) is 0 Å². The smallest absolute Gasteiger partial charge is 0.0989 e. The Hall–Kier alpha value is -0.980. The monoisotopic (exact) mass is 318 g/mol. The summed E-state index contributed by atoms with van der Waals surface area (Å²) in [7, 11) is 0. The van der Waals surface area contributed by atoms with Gasteiger partial charge in [-0.25, -0.2) is 0 Å². The van der Waals surface area contributed by atoms with Gasteiger partial charge in [0.15, 0.2) is 0 Å². The molecule has 0 saturated carbocycles. The molecule has 1 aromatic rings. The van der Waals surface area contributed by atoms with Crippen molar-refractivity contribution in [1.82, 2.24) is 10.2 Å². The first kappa shape index (κ1) is 15.5. The molecule has 5 heteroatoms. The number of ether oxygens (including phenoxy) is 2. The zero-order valence-corrected chi connectivity index (χ0v) is 13.5. The molecule has 0 amide bonds. The fourth-order valence-corrected chi connectivity index (χ4v) is 4.01. The van der Waals surface area contributed by atoms with Gasteiger partial charge in [-0.05, 0) is 24.0 Å². The molecule has 2 aliphatic heterocycles. The molecule has 2 saturated heterocycles. The highest BCUT2D eigenvalue weighted by atomic mass is 16.5. The molecule has 23 heavy (non-hydrogen) atoms. The number of fused-ring (bicyclic) bond motifs is 1. The van der Waals surface area contributed by atoms with Crippen LogP contribution in [0.25, 0.3) is 0 Å². The zero-order chi connectivity index (χ0) is 15.6. The van der Waals surface area contributed by atoms with Crippen LogP contribution in [0.1, 0.15) is 11.1 Å². The number of nitrogens with one attached hydrogen (secondary N) is 1. The van der Waals surface area contributed by atoms with E-state index in [0.29, 0.717) is 12.6 Å². The van der Waals surface area contributed by atoms with Crippen molar-refractivity contribution in [3.63, 3.8) is 0 Å². The standard InChI is InChI=1S/C18H26N2O3/c21-18-16(12-23-17(18)11-20-5-7-22-8-6-20)19-15-9-13-3-1-2-4-14(13)10-15/h1-4,15-19,21H,5-12H2/t16-,17-,18+/m0/s1. The van der Waals surface area contributed by atoms with E-state index in [-0.39, 0.29) is 12.1 Å². The van der Waals surface area contributed by atoms with Crippen molar-refractivity contribution in [3.8, 4) is 0 Å². The predicted molar refractivity (Wildman–Crippen MR) is 87.6 cm³/mol. The largest absolute Gasteiger partial charge is 0.389 e. The van der Waals surface area contributed by atoms with Crippen LogP contribution in [0.2, 0.25) is 0 Å². The number of benzene rings is 1. The van der Waals surface area contributed by atoms with Crippen LogP contribution in [0.4, 0.5) is 0 Å². The molecule has 0 spiro atoms. The second kappa shape index (κ2) is 6.87. The van der Waals surface area contributed by atoms with Gasteiger partial charge in [0.25, 0.3) is 0 Å². The molecule has 5 nitrogen and oxygen atoms in total. The van der Waals surface area contributed by atoms with Gasteiger partial charge in [-0.1, -0.05) is 24.3 Å². The Labute approximate surface area is 137 Å². The molecule has 0 radical (unpaired) electrons. The normalized spacial score (nSPS) is 32.3. The first-order chi connectivity index (χ1) is 11.3. The summed E-state index contributed by atoms with van der Waals surface area (Å²) >= 11 is 0. The third kappa shape index (κ3) is 3.44. The van der Waals surface area contributed by atoms with Crippen LogP contribution in [0.3, 0.4) is 0 Å². The minimum atomic E-state index is -0.429.